The largest absolute Gasteiger partial charge is 0.493 e. The summed E-state index contributed by atoms with van der Waals surface area (Å²) in [6.07, 6.45) is 0.724. The molecule has 2 aromatic carbocycles. The van der Waals surface area contributed by atoms with Crippen LogP contribution in [-0.4, -0.2) is 43.1 Å². The van der Waals surface area contributed by atoms with Gasteiger partial charge >= 0.3 is 0 Å². The molecule has 1 heterocycles. The molecule has 1 aromatic heterocycles. The van der Waals surface area contributed by atoms with Gasteiger partial charge < -0.3 is 14.4 Å². The fraction of sp³-hybridized carbons (Fsp3) is 0.360. The van der Waals surface area contributed by atoms with Crippen molar-refractivity contribution in [1.29, 1.82) is 0 Å². The number of nitrogens with zero attached hydrogens (tertiary/aromatic N) is 2. The van der Waals surface area contributed by atoms with Crippen LogP contribution in [0.2, 0.25) is 0 Å². The fourth-order valence-electron chi connectivity index (χ4n) is 3.50. The van der Waals surface area contributed by atoms with Crippen LogP contribution in [0.5, 0.6) is 11.5 Å². The molecule has 0 unspecified atom stereocenters. The summed E-state index contributed by atoms with van der Waals surface area (Å²) in [6, 6.07) is 12.2. The van der Waals surface area contributed by atoms with Gasteiger partial charge in [0, 0.05) is 13.1 Å². The van der Waals surface area contributed by atoms with Gasteiger partial charge in [-0.3, -0.25) is 4.79 Å². The molecule has 0 saturated carbocycles. The second kappa shape index (κ2) is 9.96. The van der Waals surface area contributed by atoms with Crippen molar-refractivity contribution in [1.82, 2.24) is 9.88 Å². The quantitative estimate of drug-likeness (QED) is 0.469. The molecular weight excluding hydrogens is 408 g/mol. The number of rotatable bonds is 8. The Balaban J connectivity index is 1.82. The number of likely N-dealkylation sites (N-methyl/N-ethyl adjacent to an activating group) is 1. The molecule has 0 saturated heterocycles. The minimum Gasteiger partial charge on any atom is -0.493 e. The summed E-state index contributed by atoms with van der Waals surface area (Å²) < 4.78 is 10.7. The van der Waals surface area contributed by atoms with Gasteiger partial charge in [-0.05, 0) is 68.5 Å². The lowest BCUT2D eigenvalue weighted by atomic mass is 10.0. The van der Waals surface area contributed by atoms with Crippen LogP contribution in [0, 0.1) is 20.8 Å². The molecule has 6 heteroatoms. The molecule has 0 spiro atoms. The summed E-state index contributed by atoms with van der Waals surface area (Å²) in [6.45, 7) is 9.36. The molecule has 0 aliphatic rings. The monoisotopic (exact) mass is 438 g/mol. The average molecular weight is 439 g/mol. The molecule has 31 heavy (non-hydrogen) atoms. The first-order valence-electron chi connectivity index (χ1n) is 10.4. The first kappa shape index (κ1) is 22.8. The smallest absolute Gasteiger partial charge is 0.273 e. The molecule has 0 aliphatic carbocycles. The number of ether oxygens (including phenoxy) is 2. The molecule has 3 aromatic rings. The predicted molar refractivity (Wildman–Crippen MR) is 127 cm³/mol. The zero-order valence-electron chi connectivity index (χ0n) is 19.1. The van der Waals surface area contributed by atoms with Crippen molar-refractivity contribution >= 4 is 17.2 Å². The number of amides is 1. The highest BCUT2D eigenvalue weighted by Gasteiger charge is 2.23. The summed E-state index contributed by atoms with van der Waals surface area (Å²) in [7, 11) is 3.25. The molecule has 1 amide bonds. The van der Waals surface area contributed by atoms with E-state index in [1.807, 2.05) is 36.9 Å². The van der Waals surface area contributed by atoms with Gasteiger partial charge in [0.05, 0.1) is 24.1 Å². The second-order valence-electron chi connectivity index (χ2n) is 7.53. The molecule has 3 rings (SSSR count). The Kier molecular flexibility index (Phi) is 7.33. The van der Waals surface area contributed by atoms with E-state index >= 15 is 0 Å². The van der Waals surface area contributed by atoms with E-state index in [-0.39, 0.29) is 5.91 Å². The van der Waals surface area contributed by atoms with Gasteiger partial charge in [-0.2, -0.15) is 0 Å². The average Bonchev–Trinajstić information content (AvgIpc) is 3.17. The van der Waals surface area contributed by atoms with Crippen molar-refractivity contribution in [3.8, 4) is 21.9 Å². The van der Waals surface area contributed by atoms with Crippen LogP contribution in [0.1, 0.15) is 39.1 Å². The second-order valence-corrected chi connectivity index (χ2v) is 8.74. The minimum absolute atomic E-state index is 0.0273. The van der Waals surface area contributed by atoms with Crippen LogP contribution in [0.25, 0.3) is 10.4 Å². The van der Waals surface area contributed by atoms with Crippen LogP contribution >= 0.6 is 11.3 Å². The van der Waals surface area contributed by atoms with E-state index in [2.05, 4.69) is 37.0 Å². The van der Waals surface area contributed by atoms with E-state index in [1.165, 1.54) is 11.1 Å². The molecular formula is C25H30N2O3S. The third kappa shape index (κ3) is 5.07. The minimum atomic E-state index is -0.0273. The number of hydrogen-bond acceptors (Lipinski definition) is 5. The van der Waals surface area contributed by atoms with Gasteiger partial charge in [0.1, 0.15) is 5.69 Å². The van der Waals surface area contributed by atoms with Gasteiger partial charge in [-0.25, -0.2) is 4.98 Å². The molecule has 0 aliphatic heterocycles. The maximum Gasteiger partial charge on any atom is 0.273 e. The van der Waals surface area contributed by atoms with Gasteiger partial charge in [0.2, 0.25) is 0 Å². The molecule has 0 atom stereocenters. The Bertz CT molecular complexity index is 1070. The number of hydrogen-bond donors (Lipinski definition) is 0. The van der Waals surface area contributed by atoms with Gasteiger partial charge in [-0.15, -0.1) is 11.3 Å². The van der Waals surface area contributed by atoms with Gasteiger partial charge in [-0.1, -0.05) is 24.3 Å². The van der Waals surface area contributed by atoms with Crippen LogP contribution < -0.4 is 9.47 Å². The first-order chi connectivity index (χ1) is 14.9. The highest BCUT2D eigenvalue weighted by molar-refractivity contribution is 7.15. The fourth-order valence-corrected chi connectivity index (χ4v) is 4.41. The van der Waals surface area contributed by atoms with Crippen molar-refractivity contribution in [2.45, 2.75) is 34.1 Å². The van der Waals surface area contributed by atoms with Gasteiger partial charge in [0.25, 0.3) is 5.91 Å². The van der Waals surface area contributed by atoms with Gasteiger partial charge in [0.15, 0.2) is 11.5 Å². The Morgan fingerprint density at radius 1 is 1.00 bits per heavy atom. The zero-order chi connectivity index (χ0) is 22.5. The van der Waals surface area contributed by atoms with Crippen molar-refractivity contribution in [2.24, 2.45) is 0 Å². The highest BCUT2D eigenvalue weighted by atomic mass is 32.1. The number of thiazole rings is 1. The van der Waals surface area contributed by atoms with E-state index < -0.39 is 0 Å². The summed E-state index contributed by atoms with van der Waals surface area (Å²) >= 11 is 1.57. The summed E-state index contributed by atoms with van der Waals surface area (Å²) in [5, 5.41) is 0.896. The SMILES string of the molecule is CCN(CCc1ccc(OC)c(OC)c1)C(=O)c1nc(C)sc1-c1ccc(C)c(C)c1. The lowest BCUT2D eigenvalue weighted by molar-refractivity contribution is 0.0761. The molecule has 5 nitrogen and oxygen atoms in total. The maximum absolute atomic E-state index is 13.4. The Hall–Kier alpha value is -2.86. The van der Waals surface area contributed by atoms with E-state index in [9.17, 15) is 4.79 Å². The van der Waals surface area contributed by atoms with Crippen molar-refractivity contribution in [3.05, 3.63) is 63.8 Å². The third-order valence-corrected chi connectivity index (χ3v) is 6.51. The summed E-state index contributed by atoms with van der Waals surface area (Å²) in [5.74, 6) is 1.37. The number of benzene rings is 2. The molecule has 0 N–H and O–H groups in total. The van der Waals surface area contributed by atoms with E-state index in [0.717, 1.165) is 27.4 Å². The molecule has 0 radical (unpaired) electrons. The van der Waals surface area contributed by atoms with Crippen LogP contribution in [0.15, 0.2) is 36.4 Å². The summed E-state index contributed by atoms with van der Waals surface area (Å²) in [5.41, 5.74) is 5.13. The molecule has 164 valence electrons. The number of aromatic nitrogens is 1. The van der Waals surface area contributed by atoms with E-state index in [4.69, 9.17) is 9.47 Å². The van der Waals surface area contributed by atoms with E-state index in [0.29, 0.717) is 30.3 Å². The summed E-state index contributed by atoms with van der Waals surface area (Å²) in [4.78, 5) is 20.8. The Labute approximate surface area is 188 Å². The number of carbonyl (C=O) groups excluding carboxylic acids is 1. The third-order valence-electron chi connectivity index (χ3n) is 5.49. The Morgan fingerprint density at radius 2 is 1.74 bits per heavy atom. The topological polar surface area (TPSA) is 51.7 Å². The Morgan fingerprint density at radius 3 is 2.39 bits per heavy atom. The van der Waals surface area contributed by atoms with Crippen LogP contribution in [0.3, 0.4) is 0 Å². The number of methoxy groups -OCH3 is 2. The standard InChI is InChI=1S/C25H30N2O3S/c1-7-27(13-12-19-9-11-21(29-5)22(15-19)30-6)25(28)23-24(31-18(4)26-23)20-10-8-16(2)17(3)14-20/h8-11,14-15H,7,12-13H2,1-6H3. The molecule has 0 fully saturated rings. The number of aryl methyl sites for hydroxylation is 3. The predicted octanol–water partition coefficient (Wildman–Crippen LogP) is 5.46. The van der Waals surface area contributed by atoms with Crippen molar-refractivity contribution in [3.63, 3.8) is 0 Å². The first-order valence-corrected chi connectivity index (χ1v) is 11.2. The lowest BCUT2D eigenvalue weighted by Crippen LogP contribution is -2.33. The van der Waals surface area contributed by atoms with Crippen molar-refractivity contribution in [2.75, 3.05) is 27.3 Å². The van der Waals surface area contributed by atoms with Crippen LogP contribution in [0.4, 0.5) is 0 Å². The highest BCUT2D eigenvalue weighted by Crippen LogP contribution is 2.32. The van der Waals surface area contributed by atoms with Crippen molar-refractivity contribution < 1.29 is 14.3 Å². The van der Waals surface area contributed by atoms with Crippen LogP contribution in [-0.2, 0) is 6.42 Å². The zero-order valence-corrected chi connectivity index (χ0v) is 19.9. The normalized spacial score (nSPS) is 10.8. The maximum atomic E-state index is 13.4. The number of carbonyl (C=O) groups is 1. The molecule has 0 bridgehead atoms. The lowest BCUT2D eigenvalue weighted by Gasteiger charge is -2.21. The van der Waals surface area contributed by atoms with E-state index in [1.54, 1.807) is 25.6 Å².